The maximum absolute atomic E-state index is 12.8. The molecule has 0 unspecified atom stereocenters. The normalized spacial score (nSPS) is 27.3. The van der Waals surface area contributed by atoms with Gasteiger partial charge in [-0.3, -0.25) is 4.90 Å². The first-order chi connectivity index (χ1) is 22.1. The summed E-state index contributed by atoms with van der Waals surface area (Å²) in [4.78, 5) is 29.1. The molecule has 12 nitrogen and oxygen atoms in total. The van der Waals surface area contributed by atoms with Crippen molar-refractivity contribution in [3.63, 3.8) is 0 Å². The van der Waals surface area contributed by atoms with Crippen LogP contribution in [0.4, 0.5) is 10.6 Å². The first-order valence-electron chi connectivity index (χ1n) is 17.3. The van der Waals surface area contributed by atoms with Crippen LogP contribution < -0.4 is 9.64 Å². The number of carbonyl (C=O) groups is 1. The average Bonchev–Trinajstić information content (AvgIpc) is 3.79. The van der Waals surface area contributed by atoms with Crippen LogP contribution in [0.5, 0.6) is 5.88 Å². The minimum absolute atomic E-state index is 0.0437. The zero-order valence-corrected chi connectivity index (χ0v) is 28.2. The van der Waals surface area contributed by atoms with E-state index in [0.29, 0.717) is 62.9 Å². The van der Waals surface area contributed by atoms with E-state index in [9.17, 15) is 4.79 Å². The molecule has 0 radical (unpaired) electrons. The van der Waals surface area contributed by atoms with Crippen molar-refractivity contribution in [2.75, 3.05) is 57.9 Å². The first kappa shape index (κ1) is 31.6. The molecule has 5 heterocycles. The summed E-state index contributed by atoms with van der Waals surface area (Å²) in [5.41, 5.74) is 1.16. The molecular weight excluding hydrogens is 588 g/mol. The van der Waals surface area contributed by atoms with E-state index in [1.807, 2.05) is 26.8 Å². The quantitative estimate of drug-likeness (QED) is 0.444. The highest BCUT2D eigenvalue weighted by Crippen LogP contribution is 2.56. The molecule has 5 aliphatic rings. The maximum atomic E-state index is 12.8. The lowest BCUT2D eigenvalue weighted by Crippen LogP contribution is -2.56. The second kappa shape index (κ2) is 12.2. The summed E-state index contributed by atoms with van der Waals surface area (Å²) in [6, 6.07) is 2.25. The predicted molar refractivity (Wildman–Crippen MR) is 171 cm³/mol. The third-order valence-corrected chi connectivity index (χ3v) is 10.7. The molecule has 1 saturated carbocycles. The molecule has 3 aliphatic heterocycles. The molecule has 0 N–H and O–H groups in total. The number of piperazine rings is 1. The van der Waals surface area contributed by atoms with Crippen molar-refractivity contribution in [3.8, 4) is 17.5 Å². The molecule has 7 rings (SSSR count). The fraction of sp³-hybridized carbons (Fsp3) is 0.765. The van der Waals surface area contributed by atoms with Gasteiger partial charge in [0.2, 0.25) is 17.5 Å². The smallest absolute Gasteiger partial charge is 0.410 e. The van der Waals surface area contributed by atoms with E-state index >= 15 is 0 Å². The Morgan fingerprint density at radius 3 is 2.46 bits per heavy atom. The van der Waals surface area contributed by atoms with Crippen LogP contribution in [-0.2, 0) is 26.0 Å². The van der Waals surface area contributed by atoms with Crippen molar-refractivity contribution in [2.45, 2.75) is 114 Å². The molecule has 2 aromatic rings. The van der Waals surface area contributed by atoms with Gasteiger partial charge in [0.1, 0.15) is 17.5 Å². The van der Waals surface area contributed by atoms with E-state index in [0.717, 1.165) is 81.4 Å². The first-order valence-corrected chi connectivity index (χ1v) is 17.3. The van der Waals surface area contributed by atoms with Gasteiger partial charge in [-0.1, -0.05) is 11.6 Å². The largest absolute Gasteiger partial charge is 0.473 e. The van der Waals surface area contributed by atoms with Gasteiger partial charge in [-0.15, -0.1) is 0 Å². The summed E-state index contributed by atoms with van der Waals surface area (Å²) < 4.78 is 31.2. The summed E-state index contributed by atoms with van der Waals surface area (Å²) in [5, 5.41) is 4.76. The minimum Gasteiger partial charge on any atom is -0.473 e. The van der Waals surface area contributed by atoms with Crippen molar-refractivity contribution in [1.82, 2.24) is 24.9 Å². The van der Waals surface area contributed by atoms with Crippen LogP contribution in [0.2, 0.25) is 0 Å². The van der Waals surface area contributed by atoms with Crippen molar-refractivity contribution in [3.05, 3.63) is 17.3 Å². The number of fused-ring (bicyclic) bond motifs is 3. The van der Waals surface area contributed by atoms with Crippen LogP contribution in [0.25, 0.3) is 11.6 Å². The van der Waals surface area contributed by atoms with Gasteiger partial charge in [-0.25, -0.2) is 9.78 Å². The van der Waals surface area contributed by atoms with E-state index in [2.05, 4.69) is 23.8 Å². The second-order valence-electron chi connectivity index (χ2n) is 14.8. The summed E-state index contributed by atoms with van der Waals surface area (Å²) in [7, 11) is 2.16. The van der Waals surface area contributed by atoms with Gasteiger partial charge in [0.15, 0.2) is 5.79 Å². The predicted octanol–water partition coefficient (Wildman–Crippen LogP) is 4.94. The van der Waals surface area contributed by atoms with Crippen molar-refractivity contribution in [1.29, 1.82) is 0 Å². The highest BCUT2D eigenvalue weighted by atomic mass is 16.7. The Bertz CT molecular complexity index is 1410. The molecule has 46 heavy (non-hydrogen) atoms. The number of anilines is 1. The van der Waals surface area contributed by atoms with Crippen molar-refractivity contribution in [2.24, 2.45) is 0 Å². The van der Waals surface area contributed by atoms with Crippen LogP contribution in [0, 0.1) is 0 Å². The monoisotopic (exact) mass is 638 g/mol. The van der Waals surface area contributed by atoms with Gasteiger partial charge < -0.3 is 33.3 Å². The highest BCUT2D eigenvalue weighted by Gasteiger charge is 2.61. The topological polar surface area (TPSA) is 116 Å². The molecule has 2 aliphatic carbocycles. The lowest BCUT2D eigenvalue weighted by atomic mass is 9.61. The Morgan fingerprint density at radius 1 is 1.00 bits per heavy atom. The Balaban J connectivity index is 1.21. The molecule has 2 spiro atoms. The number of likely N-dealkylation sites (N-methyl/N-ethyl adjacent to an activating group) is 1. The van der Waals surface area contributed by atoms with Crippen LogP contribution in [-0.4, -0.2) is 108 Å². The Hall–Kier alpha value is -2.96. The van der Waals surface area contributed by atoms with Gasteiger partial charge in [-0.2, -0.15) is 4.98 Å². The number of nitrogens with zero attached hydrogens (tertiary/aromatic N) is 6. The van der Waals surface area contributed by atoms with Crippen LogP contribution in [0.1, 0.15) is 90.3 Å². The Kier molecular flexibility index (Phi) is 8.42. The molecule has 2 aromatic heterocycles. The van der Waals surface area contributed by atoms with Crippen molar-refractivity contribution >= 4 is 11.9 Å². The Labute approximate surface area is 272 Å². The SMILES string of the molecule is C[C@H](Oc1cc(N2CCN(C(=O)OC(C)(C)C)CC2)nc(-c2onc3c2CCC[C@@]32CCCCC23OCCO3)n1)[C@@H]1CCCN1C. The summed E-state index contributed by atoms with van der Waals surface area (Å²) in [6.07, 6.45) is 8.78. The summed E-state index contributed by atoms with van der Waals surface area (Å²) in [6.45, 7) is 12.4. The highest BCUT2D eigenvalue weighted by molar-refractivity contribution is 5.68. The number of likely N-dealkylation sites (tertiary alicyclic amines) is 1. The van der Waals surface area contributed by atoms with Gasteiger partial charge in [0.25, 0.3) is 0 Å². The number of rotatable bonds is 5. The van der Waals surface area contributed by atoms with Crippen LogP contribution in [0.3, 0.4) is 0 Å². The number of aromatic nitrogens is 3. The minimum atomic E-state index is -0.637. The number of hydrogen-bond donors (Lipinski definition) is 0. The summed E-state index contributed by atoms with van der Waals surface area (Å²) >= 11 is 0. The van der Waals surface area contributed by atoms with Crippen LogP contribution in [0.15, 0.2) is 10.6 Å². The second-order valence-corrected chi connectivity index (χ2v) is 14.8. The van der Waals surface area contributed by atoms with Gasteiger partial charge >= 0.3 is 6.09 Å². The third kappa shape index (κ3) is 5.74. The lowest BCUT2D eigenvalue weighted by Gasteiger charge is -2.50. The molecule has 3 atom stereocenters. The molecule has 252 valence electrons. The zero-order valence-electron chi connectivity index (χ0n) is 28.2. The fourth-order valence-electron chi connectivity index (χ4n) is 8.46. The third-order valence-electron chi connectivity index (χ3n) is 10.7. The number of amides is 1. The van der Waals surface area contributed by atoms with Crippen molar-refractivity contribution < 1.29 is 28.3 Å². The fourth-order valence-corrected chi connectivity index (χ4v) is 8.46. The van der Waals surface area contributed by atoms with Gasteiger partial charge in [-0.05, 0) is 86.2 Å². The average molecular weight is 639 g/mol. The number of hydrogen-bond acceptors (Lipinski definition) is 11. The van der Waals surface area contributed by atoms with Gasteiger partial charge in [0.05, 0.1) is 24.3 Å². The van der Waals surface area contributed by atoms with Gasteiger partial charge in [0, 0.05) is 50.3 Å². The molecule has 0 aromatic carbocycles. The molecule has 0 bridgehead atoms. The van der Waals surface area contributed by atoms with E-state index in [1.54, 1.807) is 4.90 Å². The van der Waals surface area contributed by atoms with E-state index in [4.69, 9.17) is 38.6 Å². The molecule has 3 saturated heterocycles. The number of ether oxygens (including phenoxy) is 4. The molecule has 4 fully saturated rings. The molecule has 1 amide bonds. The molecular formula is C34H50N6O6. The number of carbonyl (C=O) groups excluding carboxylic acids is 1. The van der Waals surface area contributed by atoms with Crippen LogP contribution >= 0.6 is 0 Å². The van der Waals surface area contributed by atoms with E-state index < -0.39 is 11.4 Å². The summed E-state index contributed by atoms with van der Waals surface area (Å²) in [5.74, 6) is 1.73. The Morgan fingerprint density at radius 2 is 1.74 bits per heavy atom. The van der Waals surface area contributed by atoms with E-state index in [1.165, 1.54) is 0 Å². The molecule has 12 heteroatoms. The maximum Gasteiger partial charge on any atom is 0.410 e. The standard InChI is InChI=1S/C34H50N6O6/c1-23(25-11-9-15-38(25)5)44-27-22-26(39-16-18-40(19-17-39)31(41)45-32(2,3)4)35-30(36-27)28-24-10-8-13-33(29(24)37-46-28)12-6-7-14-34(33)42-20-21-43-34/h22-23,25H,6-21H2,1-5H3/t23-,25-,33-/m0/s1. The zero-order chi connectivity index (χ0) is 32.1. The van der Waals surface area contributed by atoms with E-state index in [-0.39, 0.29) is 17.6 Å². The lowest BCUT2D eigenvalue weighted by molar-refractivity contribution is -0.231.